The van der Waals surface area contributed by atoms with E-state index in [0.717, 1.165) is 0 Å². The average Bonchev–Trinajstić information content (AvgIpc) is 2.64. The lowest BCUT2D eigenvalue weighted by molar-refractivity contribution is -0.185. The Bertz CT molecular complexity index is 405. The minimum absolute atomic E-state index is 0.0562. The number of rotatable bonds is 1. The highest BCUT2D eigenvalue weighted by Crippen LogP contribution is 2.46. The lowest BCUT2D eigenvalue weighted by atomic mass is 9.79. The van der Waals surface area contributed by atoms with Gasteiger partial charge in [0.25, 0.3) is 0 Å². The molecule has 1 nitrogen and oxygen atoms in total. The predicted octanol–water partition coefficient (Wildman–Crippen LogP) is 4.01. The van der Waals surface area contributed by atoms with Gasteiger partial charge in [0.05, 0.1) is 0 Å². The number of halogens is 5. The summed E-state index contributed by atoms with van der Waals surface area (Å²) in [5.41, 5.74) is -1.46. The monoisotopic (exact) mass is 371 g/mol. The maximum absolute atomic E-state index is 13.3. The van der Waals surface area contributed by atoms with Gasteiger partial charge in [0.15, 0.2) is 0 Å². The van der Waals surface area contributed by atoms with E-state index in [4.69, 9.17) is 0 Å². The van der Waals surface area contributed by atoms with Gasteiger partial charge in [-0.25, -0.2) is 0 Å². The third-order valence-corrected chi connectivity index (χ3v) is 4.03. The van der Waals surface area contributed by atoms with E-state index < -0.39 is 11.6 Å². The van der Waals surface area contributed by atoms with Crippen molar-refractivity contribution in [1.82, 2.24) is 5.32 Å². The first-order valence-corrected chi connectivity index (χ1v) is 6.68. The van der Waals surface area contributed by atoms with Crippen LogP contribution in [-0.4, -0.2) is 19.3 Å². The van der Waals surface area contributed by atoms with Crippen molar-refractivity contribution in [3.05, 3.63) is 32.7 Å². The van der Waals surface area contributed by atoms with Crippen LogP contribution in [0.5, 0.6) is 0 Å². The predicted molar refractivity (Wildman–Crippen MR) is 67.1 cm³/mol. The molecule has 0 radical (unpaired) electrons. The van der Waals surface area contributed by atoms with Crippen molar-refractivity contribution in [3.63, 3.8) is 0 Å². The van der Waals surface area contributed by atoms with Gasteiger partial charge in [0, 0.05) is 15.5 Å². The summed E-state index contributed by atoms with van der Waals surface area (Å²) in [5, 5.41) is 2.81. The molecule has 1 unspecified atom stereocenters. The lowest BCUT2D eigenvalue weighted by Gasteiger charge is -2.31. The summed E-state index contributed by atoms with van der Waals surface area (Å²) in [4.78, 5) is 0. The molecule has 1 N–H and O–H groups in total. The molecular formula is C11H10Br2F3N. The smallest absolute Gasteiger partial charge is 0.315 e. The van der Waals surface area contributed by atoms with Crippen LogP contribution < -0.4 is 5.32 Å². The Kier molecular flexibility index (Phi) is 3.58. The Labute approximate surface area is 114 Å². The van der Waals surface area contributed by atoms with E-state index in [2.05, 4.69) is 37.2 Å². The van der Waals surface area contributed by atoms with Crippen molar-refractivity contribution < 1.29 is 13.2 Å². The zero-order chi connectivity index (χ0) is 12.7. The fourth-order valence-electron chi connectivity index (χ4n) is 2.17. The van der Waals surface area contributed by atoms with Gasteiger partial charge in [-0.05, 0) is 36.7 Å². The maximum Gasteiger partial charge on any atom is 0.399 e. The number of hydrogen-bond donors (Lipinski definition) is 1. The number of hydrogen-bond acceptors (Lipinski definition) is 1. The lowest BCUT2D eigenvalue weighted by Crippen LogP contribution is -2.44. The molecule has 1 aromatic rings. The molecule has 1 heterocycles. The molecule has 1 aromatic carbocycles. The maximum atomic E-state index is 13.3. The first-order chi connectivity index (χ1) is 7.85. The van der Waals surface area contributed by atoms with Gasteiger partial charge < -0.3 is 5.32 Å². The van der Waals surface area contributed by atoms with Crippen molar-refractivity contribution >= 4 is 31.9 Å². The third kappa shape index (κ3) is 2.39. The highest BCUT2D eigenvalue weighted by molar-refractivity contribution is 9.11. The molecule has 1 fully saturated rings. The fourth-order valence-corrected chi connectivity index (χ4v) is 3.47. The van der Waals surface area contributed by atoms with Crippen LogP contribution in [0.4, 0.5) is 13.2 Å². The zero-order valence-corrected chi connectivity index (χ0v) is 11.9. The Morgan fingerprint density at radius 2 is 1.71 bits per heavy atom. The molecule has 1 saturated heterocycles. The molecule has 0 aromatic heterocycles. The van der Waals surface area contributed by atoms with E-state index in [0.29, 0.717) is 21.1 Å². The Morgan fingerprint density at radius 3 is 2.12 bits per heavy atom. The second-order valence-electron chi connectivity index (χ2n) is 4.16. The number of benzene rings is 1. The summed E-state index contributed by atoms with van der Waals surface area (Å²) in [7, 11) is 0. The standard InChI is InChI=1S/C11H10Br2F3N/c12-8-3-7(4-9(13)5-8)10(11(14,15)16)1-2-17-6-10/h3-5,17H,1-2,6H2. The van der Waals surface area contributed by atoms with Gasteiger partial charge in [0.2, 0.25) is 0 Å². The minimum Gasteiger partial charge on any atom is -0.315 e. The van der Waals surface area contributed by atoms with E-state index in [9.17, 15) is 13.2 Å². The normalized spacial score (nSPS) is 25.2. The topological polar surface area (TPSA) is 12.0 Å². The molecule has 17 heavy (non-hydrogen) atoms. The first-order valence-electron chi connectivity index (χ1n) is 5.09. The van der Waals surface area contributed by atoms with E-state index in [1.165, 1.54) is 0 Å². The van der Waals surface area contributed by atoms with Gasteiger partial charge in [-0.1, -0.05) is 31.9 Å². The quantitative estimate of drug-likeness (QED) is 0.785. The van der Waals surface area contributed by atoms with Crippen LogP contribution in [0.2, 0.25) is 0 Å². The number of alkyl halides is 3. The van der Waals surface area contributed by atoms with Gasteiger partial charge >= 0.3 is 6.18 Å². The fraction of sp³-hybridized carbons (Fsp3) is 0.455. The van der Waals surface area contributed by atoms with Crippen molar-refractivity contribution in [2.75, 3.05) is 13.1 Å². The average molecular weight is 373 g/mol. The van der Waals surface area contributed by atoms with Crippen LogP contribution in [0.25, 0.3) is 0 Å². The van der Waals surface area contributed by atoms with E-state index in [1.807, 2.05) is 0 Å². The van der Waals surface area contributed by atoms with Crippen LogP contribution in [-0.2, 0) is 5.41 Å². The third-order valence-electron chi connectivity index (χ3n) is 3.11. The molecule has 6 heteroatoms. The summed E-state index contributed by atoms with van der Waals surface area (Å²) >= 11 is 6.47. The van der Waals surface area contributed by atoms with Crippen LogP contribution >= 0.6 is 31.9 Å². The summed E-state index contributed by atoms with van der Waals surface area (Å²) in [6.45, 7) is 0.336. The summed E-state index contributed by atoms with van der Waals surface area (Å²) in [5.74, 6) is 0. The van der Waals surface area contributed by atoms with Crippen molar-refractivity contribution in [1.29, 1.82) is 0 Å². The van der Waals surface area contributed by atoms with Crippen molar-refractivity contribution in [3.8, 4) is 0 Å². The van der Waals surface area contributed by atoms with Gasteiger partial charge in [-0.3, -0.25) is 0 Å². The molecule has 1 aliphatic heterocycles. The molecule has 0 amide bonds. The molecule has 1 aliphatic rings. The van der Waals surface area contributed by atoms with Crippen molar-refractivity contribution in [2.45, 2.75) is 18.0 Å². The zero-order valence-electron chi connectivity index (χ0n) is 8.74. The second-order valence-corrected chi connectivity index (χ2v) is 6.00. The van der Waals surface area contributed by atoms with Crippen LogP contribution in [0, 0.1) is 0 Å². The minimum atomic E-state index is -4.24. The molecule has 2 rings (SSSR count). The highest BCUT2D eigenvalue weighted by atomic mass is 79.9. The second kappa shape index (κ2) is 4.55. The Morgan fingerprint density at radius 1 is 1.12 bits per heavy atom. The van der Waals surface area contributed by atoms with Crippen LogP contribution in [0.3, 0.4) is 0 Å². The highest BCUT2D eigenvalue weighted by Gasteiger charge is 2.57. The Hall–Kier alpha value is -0.0700. The first kappa shape index (κ1) is 13.4. The van der Waals surface area contributed by atoms with Crippen LogP contribution in [0.1, 0.15) is 12.0 Å². The summed E-state index contributed by atoms with van der Waals surface area (Å²) < 4.78 is 41.2. The molecule has 1 atom stereocenters. The summed E-state index contributed by atoms with van der Waals surface area (Å²) in [6, 6.07) is 4.83. The molecule has 0 aliphatic carbocycles. The van der Waals surface area contributed by atoms with Gasteiger partial charge in [-0.15, -0.1) is 0 Å². The molecule has 94 valence electrons. The van der Waals surface area contributed by atoms with E-state index in [-0.39, 0.29) is 13.0 Å². The molecule has 0 bridgehead atoms. The van der Waals surface area contributed by atoms with Crippen molar-refractivity contribution in [2.24, 2.45) is 0 Å². The van der Waals surface area contributed by atoms with Crippen LogP contribution in [0.15, 0.2) is 27.1 Å². The molecule has 0 saturated carbocycles. The van der Waals surface area contributed by atoms with Gasteiger partial charge in [-0.2, -0.15) is 13.2 Å². The largest absolute Gasteiger partial charge is 0.399 e. The molecule has 0 spiro atoms. The number of nitrogens with one attached hydrogen (secondary N) is 1. The van der Waals surface area contributed by atoms with Gasteiger partial charge in [0.1, 0.15) is 5.41 Å². The SMILES string of the molecule is FC(F)(F)C1(c2cc(Br)cc(Br)c2)CCNC1. The van der Waals surface area contributed by atoms with E-state index in [1.54, 1.807) is 18.2 Å². The Balaban J connectivity index is 2.53. The summed E-state index contributed by atoms with van der Waals surface area (Å²) in [6.07, 6.45) is -4.16. The van der Waals surface area contributed by atoms with E-state index >= 15 is 0 Å². The molecular weight excluding hydrogens is 363 g/mol.